The SMILES string of the molecule is Cc1nc(C)c(C(NN)c2c(F)ccc(Br)c2F)s1. The van der Waals surface area contributed by atoms with Crippen LogP contribution >= 0.6 is 27.3 Å². The molecule has 0 aliphatic heterocycles. The van der Waals surface area contributed by atoms with Crippen LogP contribution in [0.1, 0.15) is 27.2 Å². The van der Waals surface area contributed by atoms with Crippen molar-refractivity contribution in [1.29, 1.82) is 0 Å². The van der Waals surface area contributed by atoms with Gasteiger partial charge in [-0.1, -0.05) is 0 Å². The Morgan fingerprint density at radius 1 is 1.37 bits per heavy atom. The highest BCUT2D eigenvalue weighted by molar-refractivity contribution is 9.10. The van der Waals surface area contributed by atoms with E-state index in [1.165, 1.54) is 23.5 Å². The van der Waals surface area contributed by atoms with E-state index in [0.717, 1.165) is 5.01 Å². The van der Waals surface area contributed by atoms with Crippen molar-refractivity contribution in [3.63, 3.8) is 0 Å². The lowest BCUT2D eigenvalue weighted by Crippen LogP contribution is -2.30. The predicted octanol–water partition coefficient (Wildman–Crippen LogP) is 3.35. The van der Waals surface area contributed by atoms with Crippen molar-refractivity contribution in [2.75, 3.05) is 0 Å². The molecule has 2 rings (SSSR count). The fraction of sp³-hybridized carbons (Fsp3) is 0.250. The zero-order chi connectivity index (χ0) is 14.2. The first kappa shape index (κ1) is 14.5. The van der Waals surface area contributed by atoms with E-state index in [2.05, 4.69) is 26.3 Å². The summed E-state index contributed by atoms with van der Waals surface area (Å²) in [5, 5.41) is 0.823. The van der Waals surface area contributed by atoms with Gasteiger partial charge in [0.1, 0.15) is 11.6 Å². The second-order valence-electron chi connectivity index (χ2n) is 4.04. The molecule has 0 saturated heterocycles. The molecule has 3 N–H and O–H groups in total. The van der Waals surface area contributed by atoms with Gasteiger partial charge < -0.3 is 0 Å². The number of nitrogens with zero attached hydrogens (tertiary/aromatic N) is 1. The summed E-state index contributed by atoms with van der Waals surface area (Å²) in [5.41, 5.74) is 3.07. The van der Waals surface area contributed by atoms with Crippen molar-refractivity contribution in [3.05, 3.63) is 49.4 Å². The lowest BCUT2D eigenvalue weighted by Gasteiger charge is -2.17. The molecule has 0 fully saturated rings. The molecular weight excluding hydrogens is 336 g/mol. The molecule has 0 spiro atoms. The minimum atomic E-state index is -0.760. The average Bonchev–Trinajstić information content (AvgIpc) is 2.69. The second kappa shape index (κ2) is 5.62. The van der Waals surface area contributed by atoms with E-state index in [1.54, 1.807) is 6.92 Å². The maximum Gasteiger partial charge on any atom is 0.145 e. The number of rotatable bonds is 3. The second-order valence-corrected chi connectivity index (χ2v) is 6.13. The smallest absolute Gasteiger partial charge is 0.145 e. The lowest BCUT2D eigenvalue weighted by atomic mass is 10.0. The van der Waals surface area contributed by atoms with E-state index in [1.807, 2.05) is 6.92 Å². The van der Waals surface area contributed by atoms with Gasteiger partial charge >= 0.3 is 0 Å². The Morgan fingerprint density at radius 3 is 2.58 bits per heavy atom. The molecule has 1 unspecified atom stereocenters. The van der Waals surface area contributed by atoms with Crippen molar-refractivity contribution in [2.24, 2.45) is 5.84 Å². The molecule has 1 aromatic carbocycles. The Hall–Kier alpha value is -0.890. The Bertz CT molecular complexity index is 615. The third-order valence-electron chi connectivity index (χ3n) is 2.74. The third kappa shape index (κ3) is 2.69. The maximum atomic E-state index is 14.1. The molecule has 3 nitrogen and oxygen atoms in total. The van der Waals surface area contributed by atoms with Crippen molar-refractivity contribution < 1.29 is 8.78 Å². The van der Waals surface area contributed by atoms with Gasteiger partial charge in [0.05, 0.1) is 26.1 Å². The van der Waals surface area contributed by atoms with Crippen molar-refractivity contribution in [2.45, 2.75) is 19.9 Å². The molecule has 2 aromatic rings. The minimum Gasteiger partial charge on any atom is -0.271 e. The zero-order valence-corrected chi connectivity index (χ0v) is 12.7. The van der Waals surface area contributed by atoms with E-state index in [9.17, 15) is 8.78 Å². The molecule has 7 heteroatoms. The van der Waals surface area contributed by atoms with Gasteiger partial charge in [-0.05, 0) is 41.9 Å². The zero-order valence-electron chi connectivity index (χ0n) is 10.3. The summed E-state index contributed by atoms with van der Waals surface area (Å²) in [6.45, 7) is 3.62. The fourth-order valence-electron chi connectivity index (χ4n) is 1.91. The number of nitrogens with one attached hydrogen (secondary N) is 1. The van der Waals surface area contributed by atoms with Gasteiger partial charge in [0, 0.05) is 5.56 Å². The number of hydrogen-bond acceptors (Lipinski definition) is 4. The normalized spacial score (nSPS) is 12.7. The molecule has 1 aromatic heterocycles. The number of aromatic nitrogens is 1. The van der Waals surface area contributed by atoms with Gasteiger partial charge in [0.25, 0.3) is 0 Å². The molecule has 0 saturated carbocycles. The summed E-state index contributed by atoms with van der Waals surface area (Å²) in [6.07, 6.45) is 0. The standard InChI is InChI=1S/C12H12BrF2N3S/c1-5-12(19-6(2)17-5)11(18-16)9-8(14)4-3-7(13)10(9)15/h3-4,11,18H,16H2,1-2H3. The van der Waals surface area contributed by atoms with Gasteiger partial charge in [0.2, 0.25) is 0 Å². The van der Waals surface area contributed by atoms with E-state index in [4.69, 9.17) is 5.84 Å². The molecule has 1 heterocycles. The monoisotopic (exact) mass is 347 g/mol. The largest absolute Gasteiger partial charge is 0.271 e. The summed E-state index contributed by atoms with van der Waals surface area (Å²) in [6, 6.07) is 1.77. The Labute approximate surface area is 122 Å². The molecular formula is C12H12BrF2N3S. The van der Waals surface area contributed by atoms with Crippen LogP contribution in [-0.2, 0) is 0 Å². The van der Waals surface area contributed by atoms with Gasteiger partial charge in [-0.3, -0.25) is 5.84 Å². The van der Waals surface area contributed by atoms with Gasteiger partial charge in [-0.2, -0.15) is 0 Å². The highest BCUT2D eigenvalue weighted by Gasteiger charge is 2.26. The van der Waals surface area contributed by atoms with Crippen molar-refractivity contribution in [1.82, 2.24) is 10.4 Å². The van der Waals surface area contributed by atoms with E-state index < -0.39 is 17.7 Å². The van der Waals surface area contributed by atoms with Crippen LogP contribution in [0.2, 0.25) is 0 Å². The van der Waals surface area contributed by atoms with Gasteiger partial charge in [0.15, 0.2) is 0 Å². The van der Waals surface area contributed by atoms with Crippen LogP contribution in [0.4, 0.5) is 8.78 Å². The molecule has 102 valence electrons. The van der Waals surface area contributed by atoms with Crippen molar-refractivity contribution >= 4 is 27.3 Å². The van der Waals surface area contributed by atoms with E-state index in [0.29, 0.717) is 10.6 Å². The number of halogens is 3. The summed E-state index contributed by atoms with van der Waals surface area (Å²) in [5.74, 6) is 4.18. The van der Waals surface area contributed by atoms with Crippen LogP contribution in [-0.4, -0.2) is 4.98 Å². The number of hydrogen-bond donors (Lipinski definition) is 2. The number of nitrogens with two attached hydrogens (primary N) is 1. The van der Waals surface area contributed by atoms with Crippen LogP contribution in [0.25, 0.3) is 0 Å². The van der Waals surface area contributed by atoms with Crippen molar-refractivity contribution in [3.8, 4) is 0 Å². The third-order valence-corrected chi connectivity index (χ3v) is 4.49. The number of aryl methyl sites for hydroxylation is 2. The first-order chi connectivity index (χ1) is 8.95. The average molecular weight is 348 g/mol. The minimum absolute atomic E-state index is 0.108. The predicted molar refractivity (Wildman–Crippen MR) is 74.8 cm³/mol. The molecule has 0 aliphatic rings. The molecule has 0 bridgehead atoms. The summed E-state index contributed by atoms with van der Waals surface area (Å²) >= 11 is 4.41. The topological polar surface area (TPSA) is 50.9 Å². The summed E-state index contributed by atoms with van der Waals surface area (Å²) in [4.78, 5) is 4.96. The number of hydrazine groups is 1. The first-order valence-electron chi connectivity index (χ1n) is 5.49. The molecule has 0 amide bonds. The maximum absolute atomic E-state index is 14.1. The first-order valence-corrected chi connectivity index (χ1v) is 7.10. The Kier molecular flexibility index (Phi) is 4.29. The van der Waals surface area contributed by atoms with Gasteiger partial charge in [-0.15, -0.1) is 11.3 Å². The van der Waals surface area contributed by atoms with Crippen LogP contribution < -0.4 is 11.3 Å². The van der Waals surface area contributed by atoms with Crippen LogP contribution in [0, 0.1) is 25.5 Å². The Balaban J connectivity index is 2.61. The highest BCUT2D eigenvalue weighted by atomic mass is 79.9. The van der Waals surface area contributed by atoms with Crippen LogP contribution in [0.5, 0.6) is 0 Å². The quantitative estimate of drug-likeness (QED) is 0.508. The number of thiazole rings is 1. The molecule has 0 radical (unpaired) electrons. The van der Waals surface area contributed by atoms with E-state index >= 15 is 0 Å². The molecule has 0 aliphatic carbocycles. The fourth-order valence-corrected chi connectivity index (χ4v) is 3.26. The molecule has 1 atom stereocenters. The Morgan fingerprint density at radius 2 is 2.05 bits per heavy atom. The highest BCUT2D eigenvalue weighted by Crippen LogP contribution is 2.34. The number of benzene rings is 1. The summed E-state index contributed by atoms with van der Waals surface area (Å²) in [7, 11) is 0. The van der Waals surface area contributed by atoms with Gasteiger partial charge in [-0.25, -0.2) is 19.2 Å². The van der Waals surface area contributed by atoms with Crippen LogP contribution in [0.3, 0.4) is 0 Å². The lowest BCUT2D eigenvalue weighted by molar-refractivity contribution is 0.509. The van der Waals surface area contributed by atoms with Crippen LogP contribution in [0.15, 0.2) is 16.6 Å². The molecule has 19 heavy (non-hydrogen) atoms. The summed E-state index contributed by atoms with van der Waals surface area (Å²) < 4.78 is 28.2. The van der Waals surface area contributed by atoms with E-state index in [-0.39, 0.29) is 10.0 Å².